The van der Waals surface area contributed by atoms with E-state index < -0.39 is 5.91 Å². The van der Waals surface area contributed by atoms with Crippen molar-refractivity contribution in [2.75, 3.05) is 39.1 Å². The lowest BCUT2D eigenvalue weighted by atomic mass is 10.2. The number of nitrogens with two attached hydrogens (primary N) is 1. The number of anilines is 1. The van der Waals surface area contributed by atoms with E-state index in [-0.39, 0.29) is 23.1 Å². The lowest BCUT2D eigenvalue weighted by molar-refractivity contribution is 0.0335. The molecule has 1 aliphatic rings. The third-order valence-corrected chi connectivity index (χ3v) is 4.71. The van der Waals surface area contributed by atoms with Gasteiger partial charge in [0.05, 0.1) is 26.5 Å². The first-order valence-corrected chi connectivity index (χ1v) is 9.60. The number of aromatic hydroxyl groups is 1. The first-order valence-electron chi connectivity index (χ1n) is 9.60. The number of ether oxygens (including phenoxy) is 2. The number of benzene rings is 1. The van der Waals surface area contributed by atoms with Gasteiger partial charge in [-0.1, -0.05) is 5.21 Å². The highest BCUT2D eigenvalue weighted by molar-refractivity contribution is 5.95. The largest absolute Gasteiger partial charge is 0.504 e. The minimum absolute atomic E-state index is 0.0416. The summed E-state index contributed by atoms with van der Waals surface area (Å²) in [6.45, 7) is 2.94. The highest BCUT2D eigenvalue weighted by atomic mass is 16.6. The van der Waals surface area contributed by atoms with Crippen LogP contribution in [0.25, 0.3) is 5.82 Å². The summed E-state index contributed by atoms with van der Waals surface area (Å²) in [4.78, 5) is 15.1. The number of carbonyl (C=O) groups excluding carboxylic acids is 1. The van der Waals surface area contributed by atoms with Crippen molar-refractivity contribution in [2.24, 2.45) is 5.10 Å². The van der Waals surface area contributed by atoms with Crippen molar-refractivity contribution in [3.05, 3.63) is 35.2 Å². The molecule has 4 N–H and O–H groups in total. The second kappa shape index (κ2) is 9.40. The number of aromatic nitrogens is 5. The zero-order valence-electron chi connectivity index (χ0n) is 17.1. The molecule has 0 unspecified atom stereocenters. The predicted molar refractivity (Wildman–Crippen MR) is 109 cm³/mol. The fourth-order valence-electron chi connectivity index (χ4n) is 3.11. The van der Waals surface area contributed by atoms with Gasteiger partial charge in [-0.25, -0.2) is 10.1 Å². The molecular weight excluding hydrogens is 422 g/mol. The molecule has 14 heteroatoms. The Morgan fingerprint density at radius 2 is 2.19 bits per heavy atom. The summed E-state index contributed by atoms with van der Waals surface area (Å²) in [5.41, 5.74) is 9.25. The third-order valence-electron chi connectivity index (χ3n) is 4.71. The van der Waals surface area contributed by atoms with Crippen LogP contribution in [0.1, 0.15) is 21.7 Å². The molecule has 1 saturated heterocycles. The summed E-state index contributed by atoms with van der Waals surface area (Å²) < 4.78 is 16.1. The summed E-state index contributed by atoms with van der Waals surface area (Å²) >= 11 is 0. The Kier molecular flexibility index (Phi) is 6.23. The van der Waals surface area contributed by atoms with Crippen LogP contribution < -0.4 is 15.9 Å². The molecule has 0 saturated carbocycles. The Bertz CT molecular complexity index is 1120. The monoisotopic (exact) mass is 443 g/mol. The summed E-state index contributed by atoms with van der Waals surface area (Å²) in [5, 5.41) is 29.2. The molecule has 168 valence electrons. The predicted octanol–water partition coefficient (Wildman–Crippen LogP) is -0.457. The fraction of sp³-hybridized carbons (Fsp3) is 0.333. The van der Waals surface area contributed by atoms with Gasteiger partial charge in [0.25, 0.3) is 5.91 Å². The molecule has 1 fully saturated rings. The average Bonchev–Trinajstić information content (AvgIpc) is 3.40. The summed E-state index contributed by atoms with van der Waals surface area (Å²) in [6, 6.07) is 4.70. The molecule has 1 aromatic carbocycles. The maximum absolute atomic E-state index is 13.0. The molecule has 0 radical (unpaired) electrons. The average molecular weight is 443 g/mol. The number of carbonyl (C=O) groups is 1. The van der Waals surface area contributed by atoms with Gasteiger partial charge < -0.3 is 20.3 Å². The third kappa shape index (κ3) is 4.50. The number of hydrogen-bond donors (Lipinski definition) is 3. The van der Waals surface area contributed by atoms with E-state index >= 15 is 0 Å². The van der Waals surface area contributed by atoms with Crippen LogP contribution in [0.3, 0.4) is 0 Å². The van der Waals surface area contributed by atoms with E-state index in [1.807, 2.05) is 0 Å². The van der Waals surface area contributed by atoms with Crippen molar-refractivity contribution in [3.63, 3.8) is 0 Å². The number of morpholine rings is 1. The molecule has 1 amide bonds. The SMILES string of the molecule is COc1ccc(/C=N\NC(=O)c2c(CN3CCOCC3)nnn2-c2nonc2N)cc1O. The number of phenols is 1. The minimum atomic E-state index is -0.588. The van der Waals surface area contributed by atoms with Crippen molar-refractivity contribution in [3.8, 4) is 17.3 Å². The van der Waals surface area contributed by atoms with Gasteiger partial charge in [0.1, 0.15) is 5.69 Å². The van der Waals surface area contributed by atoms with Crippen LogP contribution in [-0.2, 0) is 11.3 Å². The normalized spacial score (nSPS) is 14.7. The quantitative estimate of drug-likeness (QED) is 0.318. The van der Waals surface area contributed by atoms with Gasteiger partial charge in [-0.3, -0.25) is 9.69 Å². The number of nitrogens with one attached hydrogen (secondary N) is 1. The van der Waals surface area contributed by atoms with Crippen molar-refractivity contribution in [2.45, 2.75) is 6.54 Å². The summed E-state index contributed by atoms with van der Waals surface area (Å²) in [7, 11) is 1.45. The molecule has 4 rings (SSSR count). The maximum Gasteiger partial charge on any atom is 0.292 e. The van der Waals surface area contributed by atoms with E-state index in [1.165, 1.54) is 19.4 Å². The first kappa shape index (κ1) is 21.2. The lowest BCUT2D eigenvalue weighted by Gasteiger charge is -2.25. The van der Waals surface area contributed by atoms with Crippen LogP contribution in [0.5, 0.6) is 11.5 Å². The molecule has 32 heavy (non-hydrogen) atoms. The van der Waals surface area contributed by atoms with E-state index in [4.69, 9.17) is 15.2 Å². The number of hydrogen-bond acceptors (Lipinski definition) is 12. The molecule has 0 aliphatic carbocycles. The van der Waals surface area contributed by atoms with Crippen LogP contribution in [0, 0.1) is 0 Å². The summed E-state index contributed by atoms with van der Waals surface area (Å²) in [5.74, 6) is -0.312. The zero-order valence-corrected chi connectivity index (χ0v) is 17.1. The van der Waals surface area contributed by atoms with E-state index in [2.05, 4.69) is 40.7 Å². The molecule has 3 aromatic rings. The fourth-order valence-corrected chi connectivity index (χ4v) is 3.11. The molecule has 2 aromatic heterocycles. The van der Waals surface area contributed by atoms with Crippen LogP contribution >= 0.6 is 0 Å². The number of amides is 1. The second-order valence-electron chi connectivity index (χ2n) is 6.79. The van der Waals surface area contributed by atoms with E-state index in [1.54, 1.807) is 12.1 Å². The molecule has 14 nitrogen and oxygen atoms in total. The number of methoxy groups -OCH3 is 1. The van der Waals surface area contributed by atoms with E-state index in [0.29, 0.717) is 49.9 Å². The second-order valence-corrected chi connectivity index (χ2v) is 6.79. The number of phenolic OH excluding ortho intramolecular Hbond substituents is 1. The Hall–Kier alpha value is -4.04. The zero-order chi connectivity index (χ0) is 22.5. The van der Waals surface area contributed by atoms with E-state index in [9.17, 15) is 9.90 Å². The molecule has 0 atom stereocenters. The highest BCUT2D eigenvalue weighted by Gasteiger charge is 2.26. The molecule has 1 aliphatic heterocycles. The molecule has 3 heterocycles. The van der Waals surface area contributed by atoms with Crippen molar-refractivity contribution < 1.29 is 24.0 Å². The molecular formula is C18H21N9O5. The Balaban J connectivity index is 1.57. The smallest absolute Gasteiger partial charge is 0.292 e. The Morgan fingerprint density at radius 1 is 1.38 bits per heavy atom. The lowest BCUT2D eigenvalue weighted by Crippen LogP contribution is -2.36. The van der Waals surface area contributed by atoms with Gasteiger partial charge in [-0.05, 0) is 34.1 Å². The Labute approximate surface area is 181 Å². The van der Waals surface area contributed by atoms with Crippen molar-refractivity contribution in [1.29, 1.82) is 0 Å². The van der Waals surface area contributed by atoms with Crippen molar-refractivity contribution >= 4 is 17.9 Å². The molecule has 0 spiro atoms. The summed E-state index contributed by atoms with van der Waals surface area (Å²) in [6.07, 6.45) is 1.37. The standard InChI is InChI=1S/C18H21N9O5/c1-30-14-3-2-11(8-13(14)28)9-20-22-18(29)15-12(10-26-4-6-31-7-5-26)21-25-27(15)17-16(19)23-32-24-17/h2-3,8-9,28H,4-7,10H2,1H3,(H2,19,23)(H,22,29)/b20-9-. The Morgan fingerprint density at radius 3 is 2.88 bits per heavy atom. The van der Waals surface area contributed by atoms with Gasteiger partial charge in [0, 0.05) is 19.6 Å². The van der Waals surface area contributed by atoms with Crippen LogP contribution in [0.15, 0.2) is 27.9 Å². The minimum Gasteiger partial charge on any atom is -0.504 e. The van der Waals surface area contributed by atoms with Gasteiger partial charge in [-0.2, -0.15) is 9.78 Å². The maximum atomic E-state index is 13.0. The number of nitrogens with zero attached hydrogens (tertiary/aromatic N) is 7. The van der Waals surface area contributed by atoms with Gasteiger partial charge in [0.15, 0.2) is 17.2 Å². The first-order chi connectivity index (χ1) is 15.6. The van der Waals surface area contributed by atoms with Crippen molar-refractivity contribution in [1.82, 2.24) is 35.6 Å². The number of nitrogen functional groups attached to an aromatic ring is 1. The van der Waals surface area contributed by atoms with Crippen LogP contribution in [-0.4, -0.2) is 80.8 Å². The van der Waals surface area contributed by atoms with Gasteiger partial charge in [-0.15, -0.1) is 5.10 Å². The van der Waals surface area contributed by atoms with Crippen LogP contribution in [0.4, 0.5) is 5.82 Å². The van der Waals surface area contributed by atoms with Crippen LogP contribution in [0.2, 0.25) is 0 Å². The topological polar surface area (TPSA) is 179 Å². The number of rotatable bonds is 7. The molecule has 0 bridgehead atoms. The highest BCUT2D eigenvalue weighted by Crippen LogP contribution is 2.25. The van der Waals surface area contributed by atoms with Gasteiger partial charge in [0.2, 0.25) is 11.6 Å². The van der Waals surface area contributed by atoms with E-state index in [0.717, 1.165) is 4.68 Å². The number of hydrazone groups is 1. The van der Waals surface area contributed by atoms with Gasteiger partial charge >= 0.3 is 0 Å².